The van der Waals surface area contributed by atoms with Crippen LogP contribution in [0.15, 0.2) is 6.33 Å². The van der Waals surface area contributed by atoms with Crippen molar-refractivity contribution in [3.05, 3.63) is 11.9 Å². The van der Waals surface area contributed by atoms with Gasteiger partial charge >= 0.3 is 0 Å². The van der Waals surface area contributed by atoms with E-state index in [4.69, 9.17) is 5.84 Å². The standard InChI is InChI=1S/C12H22N6O/c1-8(2)5-14-10(19)6-18(4)12-9(3)11(17-13)15-7-16-12/h7-8H,5-6,13H2,1-4H3,(H,14,19)(H,15,16,17). The summed E-state index contributed by atoms with van der Waals surface area (Å²) in [5.74, 6) is 7.00. The molecule has 1 aromatic heterocycles. The predicted molar refractivity (Wildman–Crippen MR) is 75.7 cm³/mol. The Labute approximate surface area is 113 Å². The zero-order chi connectivity index (χ0) is 14.4. The number of carbonyl (C=O) groups excluding carboxylic acids is 1. The smallest absolute Gasteiger partial charge is 0.239 e. The molecule has 0 bridgehead atoms. The second-order valence-corrected chi connectivity index (χ2v) is 4.87. The van der Waals surface area contributed by atoms with Gasteiger partial charge in [-0.2, -0.15) is 0 Å². The average Bonchev–Trinajstić information content (AvgIpc) is 2.36. The van der Waals surface area contributed by atoms with Crippen molar-refractivity contribution in [1.29, 1.82) is 0 Å². The van der Waals surface area contributed by atoms with Crippen LogP contribution in [0.2, 0.25) is 0 Å². The summed E-state index contributed by atoms with van der Waals surface area (Å²) in [7, 11) is 1.81. The molecule has 0 spiro atoms. The number of likely N-dealkylation sites (N-methyl/N-ethyl adjacent to an activating group) is 1. The minimum atomic E-state index is -0.0310. The third-order valence-electron chi connectivity index (χ3n) is 2.64. The van der Waals surface area contributed by atoms with Crippen LogP contribution in [-0.2, 0) is 4.79 Å². The molecule has 7 nitrogen and oxygen atoms in total. The molecule has 106 valence electrons. The lowest BCUT2D eigenvalue weighted by Gasteiger charge is -2.20. The van der Waals surface area contributed by atoms with Crippen LogP contribution < -0.4 is 21.5 Å². The topological polar surface area (TPSA) is 96.2 Å². The van der Waals surface area contributed by atoms with Crippen LogP contribution in [0.4, 0.5) is 11.6 Å². The quantitative estimate of drug-likeness (QED) is 0.505. The van der Waals surface area contributed by atoms with Crippen molar-refractivity contribution >= 4 is 17.5 Å². The first-order chi connectivity index (χ1) is 8.95. The van der Waals surface area contributed by atoms with E-state index >= 15 is 0 Å². The molecule has 0 atom stereocenters. The summed E-state index contributed by atoms with van der Waals surface area (Å²) in [6.45, 7) is 6.88. The number of amides is 1. The Hall–Kier alpha value is -1.89. The van der Waals surface area contributed by atoms with Gasteiger partial charge in [0.05, 0.1) is 6.54 Å². The first-order valence-corrected chi connectivity index (χ1v) is 6.21. The largest absolute Gasteiger partial charge is 0.354 e. The lowest BCUT2D eigenvalue weighted by molar-refractivity contribution is -0.119. The molecule has 0 aromatic carbocycles. The van der Waals surface area contributed by atoms with Crippen molar-refractivity contribution in [2.75, 3.05) is 30.5 Å². The van der Waals surface area contributed by atoms with Crippen LogP contribution in [0, 0.1) is 12.8 Å². The highest BCUT2D eigenvalue weighted by Crippen LogP contribution is 2.19. The Morgan fingerprint density at radius 2 is 2.16 bits per heavy atom. The average molecular weight is 266 g/mol. The molecule has 0 radical (unpaired) electrons. The molecule has 0 aliphatic heterocycles. The summed E-state index contributed by atoms with van der Waals surface area (Å²) in [5, 5.41) is 2.87. The van der Waals surface area contributed by atoms with Crippen LogP contribution in [-0.4, -0.2) is 36.0 Å². The molecule has 0 unspecified atom stereocenters. The maximum Gasteiger partial charge on any atom is 0.239 e. The van der Waals surface area contributed by atoms with Crippen LogP contribution in [0.5, 0.6) is 0 Å². The van der Waals surface area contributed by atoms with Crippen LogP contribution in [0.25, 0.3) is 0 Å². The van der Waals surface area contributed by atoms with Gasteiger partial charge < -0.3 is 15.6 Å². The molecule has 0 saturated heterocycles. The van der Waals surface area contributed by atoms with Gasteiger partial charge in [-0.3, -0.25) is 4.79 Å². The number of nitrogens with zero attached hydrogens (tertiary/aromatic N) is 3. The molecule has 0 aliphatic rings. The monoisotopic (exact) mass is 266 g/mol. The van der Waals surface area contributed by atoms with E-state index < -0.39 is 0 Å². The van der Waals surface area contributed by atoms with E-state index in [0.717, 1.165) is 5.56 Å². The highest BCUT2D eigenvalue weighted by Gasteiger charge is 2.13. The molecule has 0 fully saturated rings. The number of hydrogen-bond acceptors (Lipinski definition) is 6. The zero-order valence-corrected chi connectivity index (χ0v) is 11.9. The number of anilines is 2. The van der Waals surface area contributed by atoms with E-state index in [1.165, 1.54) is 6.33 Å². The molecule has 0 saturated carbocycles. The first-order valence-electron chi connectivity index (χ1n) is 6.21. The lowest BCUT2D eigenvalue weighted by Crippen LogP contribution is -2.37. The Morgan fingerprint density at radius 1 is 1.47 bits per heavy atom. The van der Waals surface area contributed by atoms with Crippen molar-refractivity contribution in [3.8, 4) is 0 Å². The fourth-order valence-electron chi connectivity index (χ4n) is 1.64. The van der Waals surface area contributed by atoms with Crippen LogP contribution >= 0.6 is 0 Å². The van der Waals surface area contributed by atoms with Gasteiger partial charge in [0.2, 0.25) is 5.91 Å². The second kappa shape index (κ2) is 6.89. The second-order valence-electron chi connectivity index (χ2n) is 4.87. The zero-order valence-electron chi connectivity index (χ0n) is 11.9. The van der Waals surface area contributed by atoms with Crippen molar-refractivity contribution in [3.63, 3.8) is 0 Å². The van der Waals surface area contributed by atoms with Gasteiger partial charge in [-0.05, 0) is 12.8 Å². The Bertz CT molecular complexity index is 434. The minimum absolute atomic E-state index is 0.0310. The Morgan fingerprint density at radius 3 is 2.74 bits per heavy atom. The van der Waals surface area contributed by atoms with Crippen LogP contribution in [0.3, 0.4) is 0 Å². The molecule has 1 heterocycles. The fourth-order valence-corrected chi connectivity index (χ4v) is 1.64. The number of rotatable bonds is 6. The van der Waals surface area contributed by atoms with Gasteiger partial charge in [-0.15, -0.1) is 0 Å². The van der Waals surface area contributed by atoms with E-state index in [2.05, 4.69) is 34.6 Å². The highest BCUT2D eigenvalue weighted by atomic mass is 16.2. The third-order valence-corrected chi connectivity index (χ3v) is 2.64. The van der Waals surface area contributed by atoms with Crippen molar-refractivity contribution in [1.82, 2.24) is 15.3 Å². The molecular weight excluding hydrogens is 244 g/mol. The number of aromatic nitrogens is 2. The predicted octanol–water partition coefficient (Wildman–Crippen LogP) is 0.279. The summed E-state index contributed by atoms with van der Waals surface area (Å²) in [4.78, 5) is 21.7. The minimum Gasteiger partial charge on any atom is -0.354 e. The van der Waals surface area contributed by atoms with Crippen molar-refractivity contribution < 1.29 is 4.79 Å². The molecule has 7 heteroatoms. The maximum absolute atomic E-state index is 11.8. The van der Waals surface area contributed by atoms with Gasteiger partial charge in [-0.25, -0.2) is 15.8 Å². The summed E-state index contributed by atoms with van der Waals surface area (Å²) in [6, 6.07) is 0. The Kier molecular flexibility index (Phi) is 5.50. The van der Waals surface area contributed by atoms with E-state index in [-0.39, 0.29) is 12.5 Å². The molecule has 0 aliphatic carbocycles. The summed E-state index contributed by atoms with van der Waals surface area (Å²) in [5.41, 5.74) is 3.31. The summed E-state index contributed by atoms with van der Waals surface area (Å²) in [6.07, 6.45) is 1.42. The first kappa shape index (κ1) is 15.2. The van der Waals surface area contributed by atoms with E-state index in [0.29, 0.717) is 24.1 Å². The summed E-state index contributed by atoms with van der Waals surface area (Å²) < 4.78 is 0. The van der Waals surface area contributed by atoms with Crippen molar-refractivity contribution in [2.24, 2.45) is 11.8 Å². The highest BCUT2D eigenvalue weighted by molar-refractivity contribution is 5.81. The van der Waals surface area contributed by atoms with Gasteiger partial charge in [-0.1, -0.05) is 13.8 Å². The normalized spacial score (nSPS) is 10.4. The number of nitrogen functional groups attached to an aromatic ring is 1. The number of carbonyl (C=O) groups is 1. The molecule has 4 N–H and O–H groups in total. The lowest BCUT2D eigenvalue weighted by atomic mass is 10.2. The maximum atomic E-state index is 11.8. The number of hydrazine groups is 1. The fraction of sp³-hybridized carbons (Fsp3) is 0.583. The number of nitrogens with one attached hydrogen (secondary N) is 2. The summed E-state index contributed by atoms with van der Waals surface area (Å²) >= 11 is 0. The molecule has 1 aromatic rings. The number of nitrogens with two attached hydrogens (primary N) is 1. The van der Waals surface area contributed by atoms with E-state index in [1.807, 2.05) is 14.0 Å². The van der Waals surface area contributed by atoms with E-state index in [9.17, 15) is 4.79 Å². The third kappa shape index (κ3) is 4.36. The van der Waals surface area contributed by atoms with Gasteiger partial charge in [0.25, 0.3) is 0 Å². The molecule has 1 rings (SSSR count). The van der Waals surface area contributed by atoms with Gasteiger partial charge in [0, 0.05) is 19.2 Å². The van der Waals surface area contributed by atoms with E-state index in [1.54, 1.807) is 4.90 Å². The van der Waals surface area contributed by atoms with Crippen LogP contribution in [0.1, 0.15) is 19.4 Å². The molecule has 1 amide bonds. The number of hydrogen-bond donors (Lipinski definition) is 3. The molecule has 19 heavy (non-hydrogen) atoms. The SMILES string of the molecule is Cc1c(NN)ncnc1N(C)CC(=O)NCC(C)C. The Balaban J connectivity index is 2.68. The molecular formula is C12H22N6O. The van der Waals surface area contributed by atoms with Gasteiger partial charge in [0.1, 0.15) is 18.0 Å². The van der Waals surface area contributed by atoms with Gasteiger partial charge in [0.15, 0.2) is 0 Å². The van der Waals surface area contributed by atoms with Crippen molar-refractivity contribution in [2.45, 2.75) is 20.8 Å².